The van der Waals surface area contributed by atoms with Crippen LogP contribution in [-0.2, 0) is 4.74 Å². The van der Waals surface area contributed by atoms with Crippen LogP contribution in [0.4, 0.5) is 0 Å². The Bertz CT molecular complexity index is 1010. The molecule has 0 unspecified atom stereocenters. The van der Waals surface area contributed by atoms with Gasteiger partial charge in [-0.2, -0.15) is 5.26 Å². The van der Waals surface area contributed by atoms with Crippen LogP contribution < -0.4 is 5.32 Å². The number of nitrogens with one attached hydrogen (secondary N) is 2. The topological polar surface area (TPSA) is 104 Å². The van der Waals surface area contributed by atoms with Crippen molar-refractivity contribution < 1.29 is 4.74 Å². The molecule has 0 amide bonds. The van der Waals surface area contributed by atoms with Crippen molar-refractivity contribution in [3.8, 4) is 6.07 Å². The summed E-state index contributed by atoms with van der Waals surface area (Å²) >= 11 is 0. The number of hydrogen-bond acceptors (Lipinski definition) is 6. The highest BCUT2D eigenvalue weighted by atomic mass is 16.5. The Labute approximate surface area is 156 Å². The first-order chi connectivity index (χ1) is 13.2. The van der Waals surface area contributed by atoms with Crippen molar-refractivity contribution in [1.29, 1.82) is 5.26 Å². The van der Waals surface area contributed by atoms with E-state index in [9.17, 15) is 0 Å². The van der Waals surface area contributed by atoms with Gasteiger partial charge in [-0.05, 0) is 24.8 Å². The van der Waals surface area contributed by atoms with Crippen LogP contribution in [0.15, 0.2) is 18.5 Å². The Morgan fingerprint density at radius 2 is 2.30 bits per heavy atom. The van der Waals surface area contributed by atoms with Gasteiger partial charge in [0.1, 0.15) is 5.82 Å². The lowest BCUT2D eigenvalue weighted by atomic mass is 9.92. The molecular formula is C19H23N7O. The maximum absolute atomic E-state index is 9.16. The Hall–Kier alpha value is -2.50. The van der Waals surface area contributed by atoms with E-state index in [1.807, 2.05) is 12.3 Å². The van der Waals surface area contributed by atoms with Crippen LogP contribution in [-0.4, -0.2) is 49.4 Å². The number of hydrogen-bond donors (Lipinski definition) is 2. The van der Waals surface area contributed by atoms with Crippen molar-refractivity contribution >= 4 is 16.8 Å². The van der Waals surface area contributed by atoms with Crippen molar-refractivity contribution in [2.45, 2.75) is 50.1 Å². The van der Waals surface area contributed by atoms with Gasteiger partial charge in [-0.15, -0.1) is 10.2 Å². The second kappa shape index (κ2) is 6.29. The Morgan fingerprint density at radius 3 is 3.04 bits per heavy atom. The molecule has 2 fully saturated rings. The van der Waals surface area contributed by atoms with E-state index in [1.54, 1.807) is 6.20 Å². The zero-order valence-electron chi connectivity index (χ0n) is 15.4. The fraction of sp³-hybridized carbons (Fsp3) is 0.579. The molecule has 0 aromatic carbocycles. The van der Waals surface area contributed by atoms with E-state index < -0.39 is 0 Å². The maximum atomic E-state index is 9.16. The number of ether oxygens (including phenoxy) is 1. The minimum atomic E-state index is -0.169. The molecule has 3 aromatic rings. The molecule has 140 valence electrons. The predicted molar refractivity (Wildman–Crippen MR) is 99.1 cm³/mol. The number of aromatic amines is 1. The van der Waals surface area contributed by atoms with E-state index in [0.717, 1.165) is 41.9 Å². The van der Waals surface area contributed by atoms with Crippen LogP contribution in [0, 0.1) is 17.2 Å². The minimum absolute atomic E-state index is 0.169. The third kappa shape index (κ3) is 2.61. The summed E-state index contributed by atoms with van der Waals surface area (Å²) in [5.74, 6) is 1.90. The van der Waals surface area contributed by atoms with Crippen LogP contribution in [0.2, 0.25) is 0 Å². The molecule has 0 radical (unpaired) electrons. The first kappa shape index (κ1) is 16.7. The van der Waals surface area contributed by atoms with Crippen LogP contribution in [0.25, 0.3) is 16.8 Å². The lowest BCUT2D eigenvalue weighted by Gasteiger charge is -2.42. The summed E-state index contributed by atoms with van der Waals surface area (Å²) in [6.07, 6.45) is 7.36. The Balaban J connectivity index is 1.47. The first-order valence-corrected chi connectivity index (χ1v) is 9.62. The molecule has 1 saturated heterocycles. The van der Waals surface area contributed by atoms with Gasteiger partial charge in [-0.1, -0.05) is 13.3 Å². The molecule has 5 rings (SSSR count). The molecule has 27 heavy (non-hydrogen) atoms. The van der Waals surface area contributed by atoms with E-state index in [1.165, 1.54) is 0 Å². The zero-order valence-corrected chi connectivity index (χ0v) is 15.4. The highest BCUT2D eigenvalue weighted by Crippen LogP contribution is 2.42. The normalized spacial score (nSPS) is 27.0. The van der Waals surface area contributed by atoms with Gasteiger partial charge >= 0.3 is 0 Å². The number of aromatic nitrogens is 5. The monoisotopic (exact) mass is 365 g/mol. The lowest BCUT2D eigenvalue weighted by molar-refractivity contribution is -0.0769. The fourth-order valence-corrected chi connectivity index (χ4v) is 4.82. The molecule has 3 atom stereocenters. The molecule has 2 N–H and O–H groups in total. The summed E-state index contributed by atoms with van der Waals surface area (Å²) < 4.78 is 7.54. The quantitative estimate of drug-likeness (QED) is 0.718. The van der Waals surface area contributed by atoms with Crippen LogP contribution in [0.5, 0.6) is 0 Å². The van der Waals surface area contributed by atoms with Gasteiger partial charge in [0.25, 0.3) is 0 Å². The van der Waals surface area contributed by atoms with Crippen molar-refractivity contribution in [3.05, 3.63) is 24.3 Å². The summed E-state index contributed by atoms with van der Waals surface area (Å²) in [6.45, 7) is 3.50. The number of nitrogens with zero attached hydrogens (tertiary/aromatic N) is 5. The SMILES string of the molecule is CC[C@@H]1C[C@H](NC2(CC#N)COC2)C[C@@H]1c1nnc2cnc3[nH]ccc3n12. The molecule has 4 heterocycles. The highest BCUT2D eigenvalue weighted by molar-refractivity contribution is 5.74. The highest BCUT2D eigenvalue weighted by Gasteiger charge is 2.44. The molecule has 2 aliphatic rings. The van der Waals surface area contributed by atoms with Gasteiger partial charge in [0, 0.05) is 18.2 Å². The van der Waals surface area contributed by atoms with Crippen molar-refractivity contribution in [2.24, 2.45) is 5.92 Å². The van der Waals surface area contributed by atoms with Crippen LogP contribution in [0.3, 0.4) is 0 Å². The molecule has 8 heteroatoms. The smallest absolute Gasteiger partial charge is 0.179 e. The van der Waals surface area contributed by atoms with Crippen molar-refractivity contribution in [3.63, 3.8) is 0 Å². The average Bonchev–Trinajstić information content (AvgIpc) is 3.35. The lowest BCUT2D eigenvalue weighted by Crippen LogP contribution is -2.62. The van der Waals surface area contributed by atoms with Gasteiger partial charge in [0.05, 0.1) is 43.0 Å². The first-order valence-electron chi connectivity index (χ1n) is 9.62. The number of fused-ring (bicyclic) bond motifs is 3. The molecule has 1 aliphatic carbocycles. The van der Waals surface area contributed by atoms with Crippen LogP contribution in [0.1, 0.15) is 44.3 Å². The van der Waals surface area contributed by atoms with Gasteiger partial charge in [-0.25, -0.2) is 4.98 Å². The predicted octanol–water partition coefficient (Wildman–Crippen LogP) is 2.15. The maximum Gasteiger partial charge on any atom is 0.179 e. The third-order valence-electron chi connectivity index (χ3n) is 6.20. The van der Waals surface area contributed by atoms with Gasteiger partial charge < -0.3 is 15.0 Å². The van der Waals surface area contributed by atoms with E-state index in [-0.39, 0.29) is 5.54 Å². The average molecular weight is 365 g/mol. The molecule has 0 bridgehead atoms. The number of nitriles is 1. The minimum Gasteiger partial charge on any atom is -0.377 e. The van der Waals surface area contributed by atoms with E-state index in [2.05, 4.69) is 42.9 Å². The summed E-state index contributed by atoms with van der Waals surface area (Å²) in [7, 11) is 0. The summed E-state index contributed by atoms with van der Waals surface area (Å²) in [6, 6.07) is 4.71. The summed E-state index contributed by atoms with van der Waals surface area (Å²) in [4.78, 5) is 7.58. The molecule has 8 nitrogen and oxygen atoms in total. The van der Waals surface area contributed by atoms with Crippen LogP contribution >= 0.6 is 0 Å². The molecule has 3 aromatic heterocycles. The van der Waals surface area contributed by atoms with Gasteiger partial charge in [0.15, 0.2) is 11.3 Å². The summed E-state index contributed by atoms with van der Waals surface area (Å²) in [5, 5.41) is 21.8. The molecule has 1 aliphatic heterocycles. The van der Waals surface area contributed by atoms with E-state index in [4.69, 9.17) is 10.00 Å². The fourth-order valence-electron chi connectivity index (χ4n) is 4.82. The van der Waals surface area contributed by atoms with Crippen molar-refractivity contribution in [2.75, 3.05) is 13.2 Å². The van der Waals surface area contributed by atoms with Gasteiger partial charge in [0.2, 0.25) is 0 Å². The Morgan fingerprint density at radius 1 is 1.41 bits per heavy atom. The zero-order chi connectivity index (χ0) is 18.4. The molecule has 1 saturated carbocycles. The second-order valence-corrected chi connectivity index (χ2v) is 7.92. The largest absolute Gasteiger partial charge is 0.377 e. The molecule has 0 spiro atoms. The number of rotatable bonds is 5. The summed E-state index contributed by atoms with van der Waals surface area (Å²) in [5.41, 5.74) is 2.49. The molecular weight excluding hydrogens is 342 g/mol. The van der Waals surface area contributed by atoms with Crippen molar-refractivity contribution in [1.82, 2.24) is 29.9 Å². The van der Waals surface area contributed by atoms with E-state index >= 15 is 0 Å². The second-order valence-electron chi connectivity index (χ2n) is 7.92. The number of H-pyrrole nitrogens is 1. The standard InChI is InChI=1S/C19H23N7O/c1-2-12-7-13(23-19(4-5-20)10-27-11-19)8-14(12)18-25-24-16-9-22-17-15(26(16)18)3-6-21-17/h3,6,9,12-14,21,23H,2,4,7-8,10-11H2,1H3/t12-,13+,14+/m1/s1. The van der Waals surface area contributed by atoms with Gasteiger partial charge in [-0.3, -0.25) is 4.40 Å². The third-order valence-corrected chi connectivity index (χ3v) is 6.20. The van der Waals surface area contributed by atoms with E-state index in [0.29, 0.717) is 37.5 Å². The Kier molecular flexibility index (Phi) is 3.88.